The summed E-state index contributed by atoms with van der Waals surface area (Å²) in [5.74, 6) is -0.472. The highest BCUT2D eigenvalue weighted by Crippen LogP contribution is 2.27. The van der Waals surface area contributed by atoms with Gasteiger partial charge < -0.3 is 14.8 Å². The highest BCUT2D eigenvalue weighted by Gasteiger charge is 2.12. The molecule has 2 rings (SSSR count). The molecule has 0 saturated heterocycles. The topological polar surface area (TPSA) is 77.5 Å². The number of anilines is 1. The number of hydrogen-bond donors (Lipinski definition) is 1. The van der Waals surface area contributed by atoms with E-state index in [9.17, 15) is 9.59 Å². The third-order valence-corrected chi connectivity index (χ3v) is 4.60. The smallest absolute Gasteiger partial charge is 0.306 e. The van der Waals surface area contributed by atoms with Gasteiger partial charge in [0.1, 0.15) is 5.75 Å². The first-order chi connectivity index (χ1) is 13.3. The second-order valence-electron chi connectivity index (χ2n) is 5.62. The Kier molecular flexibility index (Phi) is 8.63. The lowest BCUT2D eigenvalue weighted by molar-refractivity contribution is -0.147. The fourth-order valence-electron chi connectivity index (χ4n) is 2.02. The SMILES string of the molecule is Cc1nc(NC(=O)COC(=O)CCCOc2ccc(Cl)cc2Cl)c(Cl)cc1Cl. The van der Waals surface area contributed by atoms with Crippen molar-refractivity contribution in [3.63, 3.8) is 0 Å². The molecule has 150 valence electrons. The molecule has 0 bridgehead atoms. The van der Waals surface area contributed by atoms with Crippen molar-refractivity contribution in [3.8, 4) is 5.75 Å². The van der Waals surface area contributed by atoms with Crippen LogP contribution >= 0.6 is 46.4 Å². The lowest BCUT2D eigenvalue weighted by Crippen LogP contribution is -2.22. The maximum absolute atomic E-state index is 11.9. The lowest BCUT2D eigenvalue weighted by atomic mass is 10.3. The first-order valence-electron chi connectivity index (χ1n) is 8.12. The van der Waals surface area contributed by atoms with E-state index >= 15 is 0 Å². The maximum atomic E-state index is 11.9. The first-order valence-corrected chi connectivity index (χ1v) is 9.63. The highest BCUT2D eigenvalue weighted by atomic mass is 35.5. The Bertz CT molecular complexity index is 877. The predicted octanol–water partition coefficient (Wildman–Crippen LogP) is 5.34. The number of carbonyl (C=O) groups excluding carboxylic acids is 2. The van der Waals surface area contributed by atoms with Crippen LogP contribution in [0.15, 0.2) is 24.3 Å². The normalized spacial score (nSPS) is 10.5. The maximum Gasteiger partial charge on any atom is 0.306 e. The Morgan fingerprint density at radius 2 is 1.82 bits per heavy atom. The van der Waals surface area contributed by atoms with E-state index in [4.69, 9.17) is 55.9 Å². The number of carbonyl (C=O) groups is 2. The van der Waals surface area contributed by atoms with Crippen LogP contribution < -0.4 is 10.1 Å². The monoisotopic (exact) mass is 464 g/mol. The number of aromatic nitrogens is 1. The van der Waals surface area contributed by atoms with E-state index in [1.165, 1.54) is 6.07 Å². The van der Waals surface area contributed by atoms with Crippen LogP contribution in [0, 0.1) is 6.92 Å². The molecule has 0 aliphatic carbocycles. The minimum absolute atomic E-state index is 0.0809. The van der Waals surface area contributed by atoms with E-state index in [1.807, 2.05) is 0 Å². The van der Waals surface area contributed by atoms with Crippen LogP contribution in [0.2, 0.25) is 20.1 Å². The molecule has 0 atom stereocenters. The molecular weight excluding hydrogens is 450 g/mol. The molecule has 0 aliphatic heterocycles. The summed E-state index contributed by atoms with van der Waals surface area (Å²) in [7, 11) is 0. The van der Waals surface area contributed by atoms with Crippen LogP contribution in [0.5, 0.6) is 5.75 Å². The Labute approximate surface area is 182 Å². The minimum atomic E-state index is -0.561. The van der Waals surface area contributed by atoms with Gasteiger partial charge in [-0.15, -0.1) is 0 Å². The second-order valence-corrected chi connectivity index (χ2v) is 7.28. The summed E-state index contributed by atoms with van der Waals surface area (Å²) in [4.78, 5) is 27.7. The van der Waals surface area contributed by atoms with Crippen molar-refractivity contribution >= 4 is 64.1 Å². The van der Waals surface area contributed by atoms with Crippen LogP contribution in [0.25, 0.3) is 0 Å². The Morgan fingerprint density at radius 1 is 1.07 bits per heavy atom. The third kappa shape index (κ3) is 7.02. The largest absolute Gasteiger partial charge is 0.492 e. The summed E-state index contributed by atoms with van der Waals surface area (Å²) in [5, 5.41) is 3.93. The van der Waals surface area contributed by atoms with E-state index < -0.39 is 18.5 Å². The van der Waals surface area contributed by atoms with Crippen LogP contribution in [-0.4, -0.2) is 30.1 Å². The van der Waals surface area contributed by atoms with Crippen LogP contribution in [0.4, 0.5) is 5.82 Å². The number of amides is 1. The van der Waals surface area contributed by atoms with Crippen LogP contribution in [-0.2, 0) is 14.3 Å². The summed E-state index contributed by atoms with van der Waals surface area (Å²) in [5.41, 5.74) is 0.513. The molecule has 1 amide bonds. The summed E-state index contributed by atoms with van der Waals surface area (Å²) < 4.78 is 10.4. The molecule has 1 aromatic carbocycles. The summed E-state index contributed by atoms with van der Waals surface area (Å²) in [6.45, 7) is 1.47. The number of nitrogens with one attached hydrogen (secondary N) is 1. The zero-order chi connectivity index (χ0) is 20.7. The average Bonchev–Trinajstić information content (AvgIpc) is 2.63. The van der Waals surface area contributed by atoms with Gasteiger partial charge in [0, 0.05) is 11.4 Å². The van der Waals surface area contributed by atoms with Gasteiger partial charge in [-0.05, 0) is 37.6 Å². The standard InChI is InChI=1S/C18H16Cl4N2O4/c1-10-12(20)8-14(22)18(23-10)24-16(25)9-28-17(26)3-2-6-27-15-5-4-11(19)7-13(15)21/h4-5,7-8H,2-3,6,9H2,1H3,(H,23,24,25). The van der Waals surface area contributed by atoms with E-state index in [1.54, 1.807) is 25.1 Å². The number of pyridine rings is 1. The van der Waals surface area contributed by atoms with Crippen molar-refractivity contribution in [1.29, 1.82) is 0 Å². The molecule has 6 nitrogen and oxygen atoms in total. The second kappa shape index (κ2) is 10.7. The van der Waals surface area contributed by atoms with Gasteiger partial charge in [-0.25, -0.2) is 4.98 Å². The highest BCUT2D eigenvalue weighted by molar-refractivity contribution is 6.36. The van der Waals surface area contributed by atoms with Gasteiger partial charge in [0.15, 0.2) is 12.4 Å². The van der Waals surface area contributed by atoms with Gasteiger partial charge in [-0.1, -0.05) is 46.4 Å². The fraction of sp³-hybridized carbons (Fsp3) is 0.278. The average molecular weight is 466 g/mol. The summed E-state index contributed by atoms with van der Waals surface area (Å²) in [6, 6.07) is 6.33. The number of hydrogen-bond acceptors (Lipinski definition) is 5. The van der Waals surface area contributed by atoms with Crippen LogP contribution in [0.3, 0.4) is 0 Å². The molecule has 1 aromatic heterocycles. The summed E-state index contributed by atoms with van der Waals surface area (Å²) >= 11 is 23.6. The lowest BCUT2D eigenvalue weighted by Gasteiger charge is -2.09. The number of benzene rings is 1. The molecule has 0 radical (unpaired) electrons. The molecular formula is C18H16Cl4N2O4. The quantitative estimate of drug-likeness (QED) is 0.420. The van der Waals surface area contributed by atoms with E-state index in [0.717, 1.165) is 0 Å². The molecule has 0 spiro atoms. The number of esters is 1. The van der Waals surface area contributed by atoms with Crippen molar-refractivity contribution in [1.82, 2.24) is 4.98 Å². The zero-order valence-electron chi connectivity index (χ0n) is 14.7. The van der Waals surface area contributed by atoms with E-state index in [-0.39, 0.29) is 23.9 Å². The number of ether oxygens (including phenoxy) is 2. The number of rotatable bonds is 8. The van der Waals surface area contributed by atoms with Gasteiger partial charge >= 0.3 is 5.97 Å². The van der Waals surface area contributed by atoms with Gasteiger partial charge in [0.05, 0.1) is 27.4 Å². The van der Waals surface area contributed by atoms with Crippen molar-refractivity contribution in [2.75, 3.05) is 18.5 Å². The van der Waals surface area contributed by atoms with Crippen molar-refractivity contribution in [2.24, 2.45) is 0 Å². The first kappa shape index (κ1) is 22.6. The molecule has 0 unspecified atom stereocenters. The van der Waals surface area contributed by atoms with E-state index in [2.05, 4.69) is 10.3 Å². The molecule has 0 aliphatic rings. The molecule has 0 fully saturated rings. The van der Waals surface area contributed by atoms with Crippen LogP contribution in [0.1, 0.15) is 18.5 Å². The number of halogens is 4. The predicted molar refractivity (Wildman–Crippen MR) is 110 cm³/mol. The van der Waals surface area contributed by atoms with Gasteiger partial charge in [0.2, 0.25) is 0 Å². The van der Waals surface area contributed by atoms with Gasteiger partial charge in [-0.3, -0.25) is 9.59 Å². The van der Waals surface area contributed by atoms with E-state index in [0.29, 0.717) is 32.9 Å². The molecule has 2 aromatic rings. The molecule has 1 heterocycles. The minimum Gasteiger partial charge on any atom is -0.492 e. The zero-order valence-corrected chi connectivity index (χ0v) is 17.8. The third-order valence-electron chi connectivity index (χ3n) is 3.40. The molecule has 1 N–H and O–H groups in total. The number of nitrogens with zero attached hydrogens (tertiary/aromatic N) is 1. The van der Waals surface area contributed by atoms with Gasteiger partial charge in [0.25, 0.3) is 5.91 Å². The molecule has 0 saturated carbocycles. The molecule has 10 heteroatoms. The Hall–Kier alpha value is -1.73. The molecule has 28 heavy (non-hydrogen) atoms. The fourth-order valence-corrected chi connectivity index (χ4v) is 2.89. The van der Waals surface area contributed by atoms with Gasteiger partial charge in [-0.2, -0.15) is 0 Å². The summed E-state index contributed by atoms with van der Waals surface area (Å²) in [6.07, 6.45) is 0.473. The van der Waals surface area contributed by atoms with Crippen molar-refractivity contribution in [2.45, 2.75) is 19.8 Å². The Morgan fingerprint density at radius 3 is 2.54 bits per heavy atom. The number of aryl methyl sites for hydroxylation is 1. The Balaban J connectivity index is 1.69. The van der Waals surface area contributed by atoms with Crippen molar-refractivity contribution in [3.05, 3.63) is 50.0 Å². The van der Waals surface area contributed by atoms with Crippen molar-refractivity contribution < 1.29 is 19.1 Å².